The lowest BCUT2D eigenvalue weighted by Crippen LogP contribution is -2.38. The Morgan fingerprint density at radius 1 is 1.64 bits per heavy atom. The summed E-state index contributed by atoms with van der Waals surface area (Å²) in [6.07, 6.45) is 0.840. The second-order valence-electron chi connectivity index (χ2n) is 3.75. The summed E-state index contributed by atoms with van der Waals surface area (Å²) in [5, 5.41) is 0. The third-order valence-electron chi connectivity index (χ3n) is 1.87. The van der Waals surface area contributed by atoms with Crippen LogP contribution >= 0.6 is 27.5 Å². The molecule has 0 aliphatic rings. The van der Waals surface area contributed by atoms with Crippen LogP contribution < -0.4 is 0 Å². The first-order valence-electron chi connectivity index (χ1n) is 4.61. The first kappa shape index (κ1) is 14.5. The Hall–Kier alpha value is 0.457. The van der Waals surface area contributed by atoms with E-state index in [1.807, 2.05) is 6.92 Å². The second-order valence-corrected chi connectivity index (χ2v) is 9.14. The molecule has 1 radical (unpaired) electrons. The number of hydrogen-bond acceptors (Lipinski definition) is 2. The molecule has 0 N–H and O–H groups in total. The fraction of sp³-hybridized carbons (Fsp3) is 0.889. The van der Waals surface area contributed by atoms with Crippen LogP contribution in [-0.2, 0) is 9.53 Å². The first-order valence-corrected chi connectivity index (χ1v) is 8.22. The maximum absolute atomic E-state index is 11.6. The molecule has 0 saturated heterocycles. The molecule has 2 nitrogen and oxygen atoms in total. The van der Waals surface area contributed by atoms with E-state index in [0.29, 0.717) is 5.50 Å². The highest BCUT2D eigenvalue weighted by Crippen LogP contribution is 2.19. The van der Waals surface area contributed by atoms with Crippen LogP contribution in [0.4, 0.5) is 0 Å². The SMILES string of the molecule is CCC(OC(=O)C(C)(C)Br)[Si](C)CCl. The molecule has 0 heterocycles. The van der Waals surface area contributed by atoms with E-state index in [0.717, 1.165) is 6.42 Å². The maximum atomic E-state index is 11.6. The quantitative estimate of drug-likeness (QED) is 0.443. The molecule has 1 unspecified atom stereocenters. The number of rotatable bonds is 5. The smallest absolute Gasteiger partial charge is 0.322 e. The predicted molar refractivity (Wildman–Crippen MR) is 65.5 cm³/mol. The van der Waals surface area contributed by atoms with Gasteiger partial charge in [-0.15, -0.1) is 11.6 Å². The van der Waals surface area contributed by atoms with Gasteiger partial charge in [-0.2, -0.15) is 0 Å². The minimum Gasteiger partial charge on any atom is -0.465 e. The van der Waals surface area contributed by atoms with E-state index in [2.05, 4.69) is 22.5 Å². The van der Waals surface area contributed by atoms with E-state index >= 15 is 0 Å². The van der Waals surface area contributed by atoms with Crippen molar-refractivity contribution in [2.24, 2.45) is 0 Å². The standard InChI is InChI=1S/C9H17BrClO2Si/c1-5-7(14(4)6-11)13-8(12)9(2,3)10/h7H,5-6H2,1-4H3. The molecule has 0 aromatic carbocycles. The lowest BCUT2D eigenvalue weighted by atomic mass is 10.2. The molecule has 0 fully saturated rings. The number of halogens is 2. The Morgan fingerprint density at radius 3 is 2.43 bits per heavy atom. The van der Waals surface area contributed by atoms with Gasteiger partial charge in [0.05, 0.1) is 5.73 Å². The third-order valence-corrected chi connectivity index (χ3v) is 5.50. The average molecular weight is 301 g/mol. The van der Waals surface area contributed by atoms with Crippen LogP contribution in [0, 0.1) is 0 Å². The molecule has 0 aliphatic carbocycles. The van der Waals surface area contributed by atoms with Gasteiger partial charge >= 0.3 is 5.97 Å². The number of esters is 1. The van der Waals surface area contributed by atoms with Gasteiger partial charge in [0.2, 0.25) is 0 Å². The van der Waals surface area contributed by atoms with Crippen molar-refractivity contribution in [3.05, 3.63) is 0 Å². The van der Waals surface area contributed by atoms with Gasteiger partial charge in [-0.1, -0.05) is 29.4 Å². The molecule has 83 valence electrons. The monoisotopic (exact) mass is 299 g/mol. The summed E-state index contributed by atoms with van der Waals surface area (Å²) in [6, 6.07) is 0. The number of alkyl halides is 2. The van der Waals surface area contributed by atoms with E-state index in [9.17, 15) is 4.79 Å². The minimum atomic E-state index is -0.771. The first-order chi connectivity index (χ1) is 6.32. The zero-order valence-electron chi connectivity index (χ0n) is 9.06. The van der Waals surface area contributed by atoms with Crippen LogP contribution in [0.2, 0.25) is 6.55 Å². The van der Waals surface area contributed by atoms with Crippen LogP contribution in [0.15, 0.2) is 0 Å². The highest BCUT2D eigenvalue weighted by atomic mass is 79.9. The number of ether oxygens (including phenoxy) is 1. The fourth-order valence-electron chi connectivity index (χ4n) is 0.888. The molecule has 0 spiro atoms. The maximum Gasteiger partial charge on any atom is 0.322 e. The van der Waals surface area contributed by atoms with E-state index in [1.165, 1.54) is 0 Å². The van der Waals surface area contributed by atoms with E-state index in [-0.39, 0.29) is 11.7 Å². The molecule has 1 atom stereocenters. The van der Waals surface area contributed by atoms with Crippen molar-refractivity contribution in [1.82, 2.24) is 0 Å². The van der Waals surface area contributed by atoms with Crippen molar-refractivity contribution in [1.29, 1.82) is 0 Å². The minimum absolute atomic E-state index is 0.0156. The Morgan fingerprint density at radius 2 is 2.14 bits per heavy atom. The molecular weight excluding hydrogens is 284 g/mol. The third kappa shape index (κ3) is 4.80. The molecule has 0 rings (SSSR count). The average Bonchev–Trinajstić information content (AvgIpc) is 2.10. The molecular formula is C9H17BrClO2Si. The Bertz CT molecular complexity index is 194. The molecule has 0 amide bonds. The molecule has 0 bridgehead atoms. The van der Waals surface area contributed by atoms with Crippen LogP contribution in [0.3, 0.4) is 0 Å². The van der Waals surface area contributed by atoms with Crippen molar-refractivity contribution in [2.45, 2.75) is 43.8 Å². The normalized spacial score (nSPS) is 14.2. The summed E-state index contributed by atoms with van der Waals surface area (Å²) in [6.45, 7) is 7.66. The Kier molecular flexibility index (Phi) is 6.33. The highest BCUT2D eigenvalue weighted by molar-refractivity contribution is 9.10. The highest BCUT2D eigenvalue weighted by Gasteiger charge is 2.29. The summed E-state index contributed by atoms with van der Waals surface area (Å²) >= 11 is 9.04. The zero-order valence-corrected chi connectivity index (χ0v) is 12.4. The van der Waals surface area contributed by atoms with Gasteiger partial charge in [0.15, 0.2) is 0 Å². The second kappa shape index (κ2) is 6.13. The van der Waals surface area contributed by atoms with Crippen molar-refractivity contribution in [3.63, 3.8) is 0 Å². The summed E-state index contributed by atoms with van der Waals surface area (Å²) < 4.78 is 4.79. The van der Waals surface area contributed by atoms with E-state index in [1.54, 1.807) is 13.8 Å². The summed E-state index contributed by atoms with van der Waals surface area (Å²) in [4.78, 5) is 11.6. The number of carbonyl (C=O) groups excluding carboxylic acids is 1. The van der Waals surface area contributed by atoms with Crippen molar-refractivity contribution in [2.75, 3.05) is 5.50 Å². The summed E-state index contributed by atoms with van der Waals surface area (Å²) in [5.74, 6) is -0.209. The Labute approximate surface area is 101 Å². The summed E-state index contributed by atoms with van der Waals surface area (Å²) in [7, 11) is -0.771. The lowest BCUT2D eigenvalue weighted by molar-refractivity contribution is -0.147. The van der Waals surface area contributed by atoms with Crippen molar-refractivity contribution in [3.8, 4) is 0 Å². The molecule has 5 heteroatoms. The zero-order chi connectivity index (χ0) is 11.4. The van der Waals surface area contributed by atoms with Crippen molar-refractivity contribution >= 4 is 42.3 Å². The van der Waals surface area contributed by atoms with E-state index in [4.69, 9.17) is 16.3 Å². The van der Waals surface area contributed by atoms with Gasteiger partial charge in [-0.05, 0) is 20.3 Å². The molecule has 0 aliphatic heterocycles. The fourth-order valence-corrected chi connectivity index (χ4v) is 2.67. The van der Waals surface area contributed by atoms with Gasteiger partial charge < -0.3 is 4.74 Å². The predicted octanol–water partition coefficient (Wildman–Crippen LogP) is 2.92. The van der Waals surface area contributed by atoms with Crippen LogP contribution in [-0.4, -0.2) is 30.3 Å². The van der Waals surface area contributed by atoms with Gasteiger partial charge in [0.25, 0.3) is 0 Å². The Balaban J connectivity index is 4.26. The van der Waals surface area contributed by atoms with Crippen LogP contribution in [0.5, 0.6) is 0 Å². The molecule has 0 aromatic rings. The number of hydrogen-bond donors (Lipinski definition) is 0. The van der Waals surface area contributed by atoms with Gasteiger partial charge in [-0.25, -0.2) is 0 Å². The molecule has 0 aromatic heterocycles. The van der Waals surface area contributed by atoms with Gasteiger partial charge in [-0.3, -0.25) is 4.79 Å². The molecule has 0 saturated carbocycles. The lowest BCUT2D eigenvalue weighted by Gasteiger charge is -2.24. The van der Waals surface area contributed by atoms with E-state index < -0.39 is 13.1 Å². The van der Waals surface area contributed by atoms with Crippen LogP contribution in [0.1, 0.15) is 27.2 Å². The topological polar surface area (TPSA) is 26.3 Å². The number of carbonyl (C=O) groups is 1. The largest absolute Gasteiger partial charge is 0.465 e. The van der Waals surface area contributed by atoms with Gasteiger partial charge in [0, 0.05) is 5.50 Å². The molecule has 14 heavy (non-hydrogen) atoms. The van der Waals surface area contributed by atoms with Crippen LogP contribution in [0.25, 0.3) is 0 Å². The summed E-state index contributed by atoms with van der Waals surface area (Å²) in [5.41, 5.74) is 0.626. The van der Waals surface area contributed by atoms with Crippen molar-refractivity contribution < 1.29 is 9.53 Å². The van der Waals surface area contributed by atoms with Gasteiger partial charge in [0.1, 0.15) is 13.1 Å².